The Kier molecular flexibility index (Phi) is 3.28. The second kappa shape index (κ2) is 4.97. The van der Waals surface area contributed by atoms with Gasteiger partial charge in [-0.3, -0.25) is 4.68 Å². The van der Waals surface area contributed by atoms with Crippen LogP contribution in [-0.4, -0.2) is 22.4 Å². The summed E-state index contributed by atoms with van der Waals surface area (Å²) in [6.07, 6.45) is 5.21. The van der Waals surface area contributed by atoms with Gasteiger partial charge in [-0.15, -0.1) is 0 Å². The van der Waals surface area contributed by atoms with Gasteiger partial charge in [0.05, 0.1) is 6.20 Å². The van der Waals surface area contributed by atoms with Crippen LogP contribution in [0, 0.1) is 0 Å². The Morgan fingerprint density at radius 2 is 2.15 bits per heavy atom. The number of fused-ring (bicyclic) bond motifs is 1. The van der Waals surface area contributed by atoms with Crippen molar-refractivity contribution in [3.63, 3.8) is 0 Å². The molecule has 3 rings (SSSR count). The molecule has 0 saturated heterocycles. The highest BCUT2D eigenvalue weighted by atomic mass is 15.2. The summed E-state index contributed by atoms with van der Waals surface area (Å²) >= 11 is 0. The smallest absolute Gasteiger partial charge is 0.0568 e. The number of aryl methyl sites for hydroxylation is 1. The van der Waals surface area contributed by atoms with Gasteiger partial charge in [0, 0.05) is 43.0 Å². The summed E-state index contributed by atoms with van der Waals surface area (Å²) in [5.41, 5.74) is 5.37. The normalized spacial score (nSPS) is 19.2. The summed E-state index contributed by atoms with van der Waals surface area (Å²) in [5.74, 6) is 0.607. The minimum absolute atomic E-state index is 0.607. The van der Waals surface area contributed by atoms with Crippen LogP contribution in [0.1, 0.15) is 38.7 Å². The lowest BCUT2D eigenvalue weighted by Gasteiger charge is -2.26. The van der Waals surface area contributed by atoms with Crippen LogP contribution in [0.15, 0.2) is 30.6 Å². The third-order valence-electron chi connectivity index (χ3n) is 4.50. The maximum atomic E-state index is 4.27. The van der Waals surface area contributed by atoms with Gasteiger partial charge in [0.1, 0.15) is 0 Å². The zero-order valence-electron chi connectivity index (χ0n) is 12.8. The van der Waals surface area contributed by atoms with Crippen molar-refractivity contribution in [2.24, 2.45) is 7.05 Å². The number of aromatic nitrogens is 2. The topological polar surface area (TPSA) is 21.1 Å². The monoisotopic (exact) mass is 269 g/mol. The number of hydrogen-bond donors (Lipinski definition) is 0. The summed E-state index contributed by atoms with van der Waals surface area (Å²) in [5, 5.41) is 4.27. The van der Waals surface area contributed by atoms with Gasteiger partial charge in [0.15, 0.2) is 0 Å². The van der Waals surface area contributed by atoms with Crippen LogP contribution in [0.3, 0.4) is 0 Å². The van der Waals surface area contributed by atoms with Crippen molar-refractivity contribution in [2.75, 3.05) is 11.4 Å². The van der Waals surface area contributed by atoms with Crippen molar-refractivity contribution in [2.45, 2.75) is 39.2 Å². The first-order valence-corrected chi connectivity index (χ1v) is 7.49. The van der Waals surface area contributed by atoms with Crippen molar-refractivity contribution >= 4 is 5.69 Å². The maximum absolute atomic E-state index is 4.27. The maximum Gasteiger partial charge on any atom is 0.0568 e. The van der Waals surface area contributed by atoms with E-state index in [0.29, 0.717) is 12.0 Å². The van der Waals surface area contributed by atoms with Crippen molar-refractivity contribution < 1.29 is 0 Å². The zero-order valence-corrected chi connectivity index (χ0v) is 12.8. The van der Waals surface area contributed by atoms with Crippen LogP contribution in [-0.2, 0) is 7.05 Å². The third kappa shape index (κ3) is 2.11. The van der Waals surface area contributed by atoms with Crippen molar-refractivity contribution in [3.05, 3.63) is 36.2 Å². The van der Waals surface area contributed by atoms with Gasteiger partial charge in [0.25, 0.3) is 0 Å². The Morgan fingerprint density at radius 1 is 1.35 bits per heavy atom. The molecule has 0 N–H and O–H groups in total. The molecule has 2 heterocycles. The number of anilines is 1. The number of nitrogens with zero attached hydrogens (tertiary/aromatic N) is 3. The summed E-state index contributed by atoms with van der Waals surface area (Å²) in [6.45, 7) is 8.04. The molecule has 0 bridgehead atoms. The lowest BCUT2D eigenvalue weighted by Crippen LogP contribution is -2.31. The van der Waals surface area contributed by atoms with E-state index in [9.17, 15) is 0 Å². The van der Waals surface area contributed by atoms with Gasteiger partial charge >= 0.3 is 0 Å². The minimum Gasteiger partial charge on any atom is -0.368 e. The molecule has 2 atom stereocenters. The average Bonchev–Trinajstić information content (AvgIpc) is 3.02. The molecule has 1 aliphatic heterocycles. The molecule has 1 unspecified atom stereocenters. The lowest BCUT2D eigenvalue weighted by atomic mass is 9.99. The van der Waals surface area contributed by atoms with Crippen LogP contribution >= 0.6 is 0 Å². The first-order chi connectivity index (χ1) is 9.60. The SMILES string of the molecule is CCC(C)N1C[C@H](C)c2cc(-c3cnn(C)c3)ccc21. The van der Waals surface area contributed by atoms with Gasteiger partial charge in [-0.05, 0) is 36.6 Å². The molecule has 3 heteroatoms. The van der Waals surface area contributed by atoms with Crippen molar-refractivity contribution in [1.82, 2.24) is 9.78 Å². The van der Waals surface area contributed by atoms with Gasteiger partial charge in [-0.1, -0.05) is 19.9 Å². The lowest BCUT2D eigenvalue weighted by molar-refractivity contribution is 0.613. The Balaban J connectivity index is 1.99. The molecule has 1 aromatic heterocycles. The Labute approximate surface area is 121 Å². The fourth-order valence-electron chi connectivity index (χ4n) is 3.09. The van der Waals surface area contributed by atoms with Crippen molar-refractivity contribution in [3.8, 4) is 11.1 Å². The highest BCUT2D eigenvalue weighted by Gasteiger charge is 2.28. The fourth-order valence-corrected chi connectivity index (χ4v) is 3.09. The van der Waals surface area contributed by atoms with Gasteiger partial charge in [0.2, 0.25) is 0 Å². The van der Waals surface area contributed by atoms with Crippen LogP contribution in [0.4, 0.5) is 5.69 Å². The molecule has 0 fully saturated rings. The predicted octanol–water partition coefficient (Wildman–Crippen LogP) is 3.81. The van der Waals surface area contributed by atoms with Crippen molar-refractivity contribution in [1.29, 1.82) is 0 Å². The van der Waals surface area contributed by atoms with Gasteiger partial charge in [-0.25, -0.2) is 0 Å². The Morgan fingerprint density at radius 3 is 2.80 bits per heavy atom. The molecule has 20 heavy (non-hydrogen) atoms. The second-order valence-corrected chi connectivity index (χ2v) is 5.99. The minimum atomic E-state index is 0.607. The highest BCUT2D eigenvalue weighted by molar-refractivity contribution is 5.71. The quantitative estimate of drug-likeness (QED) is 0.845. The van der Waals surface area contributed by atoms with Crippen LogP contribution < -0.4 is 4.90 Å². The molecule has 1 aromatic carbocycles. The fraction of sp³-hybridized carbons (Fsp3) is 0.471. The van der Waals surface area contributed by atoms with Gasteiger partial charge < -0.3 is 4.90 Å². The summed E-state index contributed by atoms with van der Waals surface area (Å²) in [7, 11) is 1.96. The molecule has 0 radical (unpaired) electrons. The first-order valence-electron chi connectivity index (χ1n) is 7.49. The molecule has 1 aliphatic rings. The van der Waals surface area contributed by atoms with E-state index in [1.165, 1.54) is 28.8 Å². The first kappa shape index (κ1) is 13.2. The summed E-state index contributed by atoms with van der Waals surface area (Å²) in [6, 6.07) is 7.47. The molecular weight excluding hydrogens is 246 g/mol. The van der Waals surface area contributed by atoms with E-state index in [1.54, 1.807) is 0 Å². The molecule has 0 aliphatic carbocycles. The molecule has 0 amide bonds. The van der Waals surface area contributed by atoms with E-state index in [4.69, 9.17) is 0 Å². The van der Waals surface area contributed by atoms with E-state index in [2.05, 4.69) is 55.2 Å². The second-order valence-electron chi connectivity index (χ2n) is 5.99. The molecule has 3 nitrogen and oxygen atoms in total. The van der Waals surface area contributed by atoms with Crippen LogP contribution in [0.2, 0.25) is 0 Å². The summed E-state index contributed by atoms with van der Waals surface area (Å²) < 4.78 is 1.86. The molecule has 106 valence electrons. The van der Waals surface area contributed by atoms with E-state index in [1.807, 2.05) is 17.9 Å². The van der Waals surface area contributed by atoms with Crippen LogP contribution in [0.5, 0.6) is 0 Å². The van der Waals surface area contributed by atoms with Crippen LogP contribution in [0.25, 0.3) is 11.1 Å². The van der Waals surface area contributed by atoms with E-state index >= 15 is 0 Å². The number of benzene rings is 1. The number of hydrogen-bond acceptors (Lipinski definition) is 2. The molecule has 0 saturated carbocycles. The zero-order chi connectivity index (χ0) is 14.3. The Hall–Kier alpha value is -1.77. The van der Waals surface area contributed by atoms with E-state index < -0.39 is 0 Å². The van der Waals surface area contributed by atoms with E-state index in [0.717, 1.165) is 6.54 Å². The standard InChI is InChI=1S/C17H23N3/c1-5-13(3)20-10-12(2)16-8-14(6-7-17(16)20)15-9-18-19(4)11-15/h6-9,11-13H,5,10H2,1-4H3/t12-,13?/m0/s1. The third-order valence-corrected chi connectivity index (χ3v) is 4.50. The number of rotatable bonds is 3. The van der Waals surface area contributed by atoms with E-state index in [-0.39, 0.29) is 0 Å². The Bertz CT molecular complexity index is 614. The summed E-state index contributed by atoms with van der Waals surface area (Å²) in [4.78, 5) is 2.55. The highest BCUT2D eigenvalue weighted by Crippen LogP contribution is 2.39. The molecular formula is C17H23N3. The predicted molar refractivity (Wildman–Crippen MR) is 84.2 cm³/mol. The largest absolute Gasteiger partial charge is 0.368 e. The average molecular weight is 269 g/mol. The molecule has 2 aromatic rings. The van der Waals surface area contributed by atoms with Gasteiger partial charge in [-0.2, -0.15) is 5.10 Å². The molecule has 0 spiro atoms.